The molecule has 1 fully saturated rings. The molecule has 1 amide bonds. The van der Waals surface area contributed by atoms with E-state index in [2.05, 4.69) is 54.7 Å². The van der Waals surface area contributed by atoms with Crippen LogP contribution in [-0.4, -0.2) is 77.0 Å². The van der Waals surface area contributed by atoms with Crippen LogP contribution in [0.15, 0.2) is 17.1 Å². The van der Waals surface area contributed by atoms with Crippen LogP contribution in [-0.2, 0) is 45.1 Å². The second kappa shape index (κ2) is 11.2. The molecule has 6 heterocycles. The van der Waals surface area contributed by atoms with Crippen molar-refractivity contribution in [1.29, 1.82) is 0 Å². The standard InChI is InChI=1S/C19H21FN10O9P2S2/c20-11-9-5-36-40(33,42)35-2-1-29-10(24-8-3-7(14(21)31)4-23-15(8)29)6-37-41(34,43)39-13(11)18(38-9)30-16-12(27-28-30)17(32)26-19(22)25-16/h3-4,9,11,13,18H,1-2,5-6H2,(H2,21,31)(H,33,42)(H,34,43)(H3,22,25,26,32)/t9-,11-,13-,18-,40?,41?/m1/s1. The highest BCUT2D eigenvalue weighted by Gasteiger charge is 2.51. The van der Waals surface area contributed by atoms with E-state index in [1.165, 1.54) is 16.8 Å². The SMILES string of the molecule is NC(=O)c1cnc2c(c1)nc1n2CCOP(=O)(S)OC[C@H]2O[C@@H](n3nnc4c(=O)[nH]c(N)nc43)[C@H](OP(=O)(S)OC1)[C@@H]2F. The summed E-state index contributed by atoms with van der Waals surface area (Å²) in [4.78, 5) is 38.7. The molecule has 2 aliphatic heterocycles. The van der Waals surface area contributed by atoms with Crippen LogP contribution in [0, 0.1) is 0 Å². The second-order valence-electron chi connectivity index (χ2n) is 9.19. The fourth-order valence-corrected chi connectivity index (χ4v) is 7.02. The Morgan fingerprint density at radius 3 is 2.72 bits per heavy atom. The molecule has 230 valence electrons. The fourth-order valence-electron chi connectivity index (χ4n) is 4.48. The third-order valence-electron chi connectivity index (χ3n) is 6.39. The topological polar surface area (TPSA) is 257 Å². The number of alkyl halides is 1. The molecule has 5 N–H and O–H groups in total. The molecule has 0 radical (unpaired) electrons. The molecule has 2 aliphatic rings. The van der Waals surface area contributed by atoms with Crippen molar-refractivity contribution in [2.24, 2.45) is 5.73 Å². The lowest BCUT2D eigenvalue weighted by Crippen LogP contribution is -2.32. The second-order valence-corrected chi connectivity index (χ2v) is 15.0. The molecule has 2 bridgehead atoms. The number of carbonyl (C=O) groups is 1. The molecule has 1 saturated heterocycles. The number of hydrogen-bond donors (Lipinski definition) is 5. The lowest BCUT2D eigenvalue weighted by molar-refractivity contribution is -0.0512. The van der Waals surface area contributed by atoms with Crippen molar-refractivity contribution in [2.75, 3.05) is 18.9 Å². The van der Waals surface area contributed by atoms with Gasteiger partial charge < -0.3 is 20.8 Å². The molecule has 4 aromatic rings. The smallest absolute Gasteiger partial charge is 0.369 e. The highest BCUT2D eigenvalue weighted by atomic mass is 32.7. The van der Waals surface area contributed by atoms with Gasteiger partial charge in [-0.25, -0.2) is 23.5 Å². The van der Waals surface area contributed by atoms with Gasteiger partial charge in [-0.15, -0.1) is 5.10 Å². The van der Waals surface area contributed by atoms with Gasteiger partial charge in [-0.2, -0.15) is 9.67 Å². The normalized spacial score (nSPS) is 30.6. The lowest BCUT2D eigenvalue weighted by Gasteiger charge is -2.23. The predicted octanol–water partition coefficient (Wildman–Crippen LogP) is 0.900. The number of pyridine rings is 1. The number of thiol groups is 2. The van der Waals surface area contributed by atoms with Crippen LogP contribution in [0.2, 0.25) is 0 Å². The number of aromatic nitrogens is 8. The predicted molar refractivity (Wildman–Crippen MR) is 150 cm³/mol. The molecule has 19 nitrogen and oxygen atoms in total. The first-order chi connectivity index (χ1) is 20.3. The maximum absolute atomic E-state index is 15.8. The van der Waals surface area contributed by atoms with Crippen LogP contribution in [0.25, 0.3) is 22.3 Å². The molecule has 24 heteroatoms. The zero-order valence-electron chi connectivity index (χ0n) is 21.4. The van der Waals surface area contributed by atoms with E-state index in [0.717, 1.165) is 4.68 Å². The number of carbonyl (C=O) groups excluding carboxylic acids is 1. The molecular formula is C19H21FN10O9P2S2. The van der Waals surface area contributed by atoms with E-state index in [9.17, 15) is 18.7 Å². The number of rotatable bonds is 2. The van der Waals surface area contributed by atoms with Crippen molar-refractivity contribution >= 4 is 72.3 Å². The van der Waals surface area contributed by atoms with Crippen molar-refractivity contribution in [1.82, 2.24) is 39.5 Å². The fraction of sp³-hybridized carbons (Fsp3) is 0.421. The summed E-state index contributed by atoms with van der Waals surface area (Å²) < 4.78 is 71.9. The van der Waals surface area contributed by atoms with Crippen LogP contribution in [0.4, 0.5) is 10.3 Å². The number of nitrogens with one attached hydrogen (secondary N) is 1. The quantitative estimate of drug-likeness (QED) is 0.146. The Hall–Kier alpha value is -2.94. The molecule has 6 rings (SSSR count). The first kappa shape index (κ1) is 30.1. The Morgan fingerprint density at radius 1 is 1.16 bits per heavy atom. The van der Waals surface area contributed by atoms with Gasteiger partial charge in [0.15, 0.2) is 29.2 Å². The number of hydrogen-bond acceptors (Lipinski definition) is 15. The zero-order valence-corrected chi connectivity index (χ0v) is 25.0. The van der Waals surface area contributed by atoms with Crippen molar-refractivity contribution in [3.05, 3.63) is 34.0 Å². The van der Waals surface area contributed by atoms with Gasteiger partial charge >= 0.3 is 13.6 Å². The third kappa shape index (κ3) is 5.94. The monoisotopic (exact) mass is 678 g/mol. The van der Waals surface area contributed by atoms with Gasteiger partial charge in [0.2, 0.25) is 11.9 Å². The maximum Gasteiger partial charge on any atom is 0.387 e. The Labute approximate surface area is 249 Å². The van der Waals surface area contributed by atoms with Crippen molar-refractivity contribution in [3.8, 4) is 0 Å². The first-order valence-electron chi connectivity index (χ1n) is 12.1. The number of nitrogens with two attached hydrogens (primary N) is 2. The molecule has 0 aromatic carbocycles. The summed E-state index contributed by atoms with van der Waals surface area (Å²) in [6.45, 7) is -9.93. The molecule has 0 aliphatic carbocycles. The minimum Gasteiger partial charge on any atom is -0.369 e. The maximum atomic E-state index is 15.8. The Morgan fingerprint density at radius 2 is 1.95 bits per heavy atom. The molecule has 0 saturated carbocycles. The summed E-state index contributed by atoms with van der Waals surface area (Å²) in [5, 5.41) is 7.56. The Balaban J connectivity index is 1.38. The Bertz CT molecular complexity index is 1910. The number of halogens is 1. The van der Waals surface area contributed by atoms with E-state index in [1.807, 2.05) is 0 Å². The molecule has 43 heavy (non-hydrogen) atoms. The van der Waals surface area contributed by atoms with Crippen LogP contribution >= 0.6 is 38.1 Å². The van der Waals surface area contributed by atoms with Gasteiger partial charge in [-0.05, 0) is 6.07 Å². The van der Waals surface area contributed by atoms with E-state index in [4.69, 9.17) is 34.3 Å². The Kier molecular flexibility index (Phi) is 7.84. The van der Waals surface area contributed by atoms with Crippen molar-refractivity contribution in [3.63, 3.8) is 0 Å². The molecule has 6 atom stereocenters. The summed E-state index contributed by atoms with van der Waals surface area (Å²) in [6.07, 6.45) is -5.67. The number of anilines is 1. The number of nitrogen functional groups attached to an aromatic ring is 1. The third-order valence-corrected chi connectivity index (χ3v) is 9.66. The first-order valence-corrected chi connectivity index (χ1v) is 17.5. The number of nitrogens with zero attached hydrogens (tertiary/aromatic N) is 7. The largest absolute Gasteiger partial charge is 0.387 e. The van der Waals surface area contributed by atoms with E-state index in [0.29, 0.717) is 0 Å². The number of aromatic amines is 1. The average molecular weight is 679 g/mol. The lowest BCUT2D eigenvalue weighted by atomic mass is 10.1. The summed E-state index contributed by atoms with van der Waals surface area (Å²) in [7, 11) is 0. The zero-order chi connectivity index (χ0) is 30.7. The number of imidazole rings is 1. The molecule has 4 aromatic heterocycles. The van der Waals surface area contributed by atoms with Gasteiger partial charge in [-0.1, -0.05) is 29.7 Å². The van der Waals surface area contributed by atoms with Crippen LogP contribution in [0.5, 0.6) is 0 Å². The van der Waals surface area contributed by atoms with Crippen molar-refractivity contribution in [2.45, 2.75) is 37.8 Å². The molecule has 0 spiro atoms. The van der Waals surface area contributed by atoms with Crippen LogP contribution in [0.3, 0.4) is 0 Å². The summed E-state index contributed by atoms with van der Waals surface area (Å²) >= 11 is 7.97. The summed E-state index contributed by atoms with van der Waals surface area (Å²) in [5.74, 6) is -0.916. The minimum atomic E-state index is -4.42. The molecule has 2 unspecified atom stereocenters. The van der Waals surface area contributed by atoms with Gasteiger partial charge in [0.25, 0.3) is 5.56 Å². The summed E-state index contributed by atoms with van der Waals surface area (Å²) in [5.41, 5.74) is 10.4. The highest BCUT2D eigenvalue weighted by molar-refractivity contribution is 8.44. The number of primary amides is 1. The van der Waals surface area contributed by atoms with Crippen molar-refractivity contribution < 1.29 is 41.1 Å². The summed E-state index contributed by atoms with van der Waals surface area (Å²) in [6, 6.07) is 1.38. The number of amides is 1. The number of fused-ring (bicyclic) bond motifs is 6. The van der Waals surface area contributed by atoms with E-state index < -0.39 is 62.9 Å². The van der Waals surface area contributed by atoms with Crippen LogP contribution < -0.4 is 17.0 Å². The van der Waals surface area contributed by atoms with Crippen LogP contribution in [0.1, 0.15) is 22.4 Å². The van der Waals surface area contributed by atoms with Gasteiger partial charge in [0.1, 0.15) is 30.2 Å². The highest BCUT2D eigenvalue weighted by Crippen LogP contribution is 2.58. The van der Waals surface area contributed by atoms with Gasteiger partial charge in [0, 0.05) is 12.7 Å². The van der Waals surface area contributed by atoms with E-state index in [1.54, 1.807) is 0 Å². The average Bonchev–Trinajstić information content (AvgIpc) is 3.59. The van der Waals surface area contributed by atoms with E-state index in [-0.39, 0.29) is 52.8 Å². The molecular weight excluding hydrogens is 657 g/mol. The van der Waals surface area contributed by atoms with Gasteiger partial charge in [0.05, 0.1) is 18.8 Å². The number of ether oxygens (including phenoxy) is 1. The minimum absolute atomic E-state index is 0.0191. The van der Waals surface area contributed by atoms with E-state index >= 15 is 4.39 Å². The number of H-pyrrole nitrogens is 1. The van der Waals surface area contributed by atoms with Gasteiger partial charge in [-0.3, -0.25) is 32.7 Å².